The number of sulfonamides is 1. The third kappa shape index (κ3) is 4.22. The first kappa shape index (κ1) is 19.7. The molecule has 4 rings (SSSR count). The van der Waals surface area contributed by atoms with E-state index in [0.29, 0.717) is 15.9 Å². The van der Waals surface area contributed by atoms with Gasteiger partial charge in [0.2, 0.25) is 5.89 Å². The Hall–Kier alpha value is -2.61. The van der Waals surface area contributed by atoms with Gasteiger partial charge in [0.15, 0.2) is 0 Å². The Bertz CT molecular complexity index is 1280. The molecule has 29 heavy (non-hydrogen) atoms. The number of halogens is 1. The largest absolute Gasteiger partial charge is 0.444 e. The fourth-order valence-corrected chi connectivity index (χ4v) is 5.31. The van der Waals surface area contributed by atoms with Gasteiger partial charge < -0.3 is 4.42 Å². The maximum absolute atomic E-state index is 12.4. The summed E-state index contributed by atoms with van der Waals surface area (Å²) in [6.45, 7) is 4.12. The van der Waals surface area contributed by atoms with Crippen molar-refractivity contribution in [2.75, 3.05) is 4.72 Å². The van der Waals surface area contributed by atoms with Crippen LogP contribution in [0.3, 0.4) is 0 Å². The van der Waals surface area contributed by atoms with Crippen molar-refractivity contribution < 1.29 is 12.8 Å². The van der Waals surface area contributed by atoms with E-state index in [-0.39, 0.29) is 4.21 Å². The van der Waals surface area contributed by atoms with Gasteiger partial charge in [0, 0.05) is 16.8 Å². The van der Waals surface area contributed by atoms with E-state index in [0.717, 1.165) is 28.2 Å². The van der Waals surface area contributed by atoms with Crippen LogP contribution in [0.25, 0.3) is 22.7 Å². The summed E-state index contributed by atoms with van der Waals surface area (Å²) in [6.07, 6.45) is 1.62. The highest BCUT2D eigenvalue weighted by Gasteiger charge is 2.17. The lowest BCUT2D eigenvalue weighted by Crippen LogP contribution is -2.11. The first-order valence-electron chi connectivity index (χ1n) is 8.73. The fraction of sp³-hybridized carbons (Fsp3) is 0.0952. The minimum absolute atomic E-state index is 0.164. The Morgan fingerprint density at radius 1 is 0.966 bits per heavy atom. The summed E-state index contributed by atoms with van der Waals surface area (Å²) in [7, 11) is -3.66. The summed E-state index contributed by atoms with van der Waals surface area (Å²) >= 11 is 6.84. The second kappa shape index (κ2) is 7.67. The second-order valence-electron chi connectivity index (χ2n) is 6.58. The molecule has 2 aromatic carbocycles. The highest BCUT2D eigenvalue weighted by Crippen LogP contribution is 2.29. The van der Waals surface area contributed by atoms with Crippen LogP contribution in [0.1, 0.15) is 11.1 Å². The lowest BCUT2D eigenvalue weighted by atomic mass is 10.1. The summed E-state index contributed by atoms with van der Waals surface area (Å²) in [5, 5.41) is 0. The molecule has 2 aromatic heterocycles. The normalized spacial score (nSPS) is 11.6. The van der Waals surface area contributed by atoms with Crippen LogP contribution in [0, 0.1) is 13.8 Å². The third-order valence-corrected chi connectivity index (χ3v) is 7.61. The molecule has 0 aliphatic rings. The first-order valence-corrected chi connectivity index (χ1v) is 11.4. The summed E-state index contributed by atoms with van der Waals surface area (Å²) in [5.41, 5.74) is 5.35. The number of oxazole rings is 1. The Morgan fingerprint density at radius 3 is 2.34 bits per heavy atom. The van der Waals surface area contributed by atoms with Gasteiger partial charge in [0.25, 0.3) is 10.0 Å². The van der Waals surface area contributed by atoms with Gasteiger partial charge in [-0.15, -0.1) is 11.3 Å². The molecule has 2 heterocycles. The van der Waals surface area contributed by atoms with Crippen LogP contribution in [0.4, 0.5) is 5.69 Å². The monoisotopic (exact) mass is 444 g/mol. The van der Waals surface area contributed by atoms with E-state index in [4.69, 9.17) is 16.0 Å². The Kier molecular flexibility index (Phi) is 5.21. The van der Waals surface area contributed by atoms with E-state index in [1.807, 2.05) is 6.07 Å². The van der Waals surface area contributed by atoms with Gasteiger partial charge in [-0.1, -0.05) is 23.7 Å². The van der Waals surface area contributed by atoms with Crippen molar-refractivity contribution in [2.45, 2.75) is 18.1 Å². The average molecular weight is 445 g/mol. The summed E-state index contributed by atoms with van der Waals surface area (Å²) in [6, 6.07) is 16.0. The van der Waals surface area contributed by atoms with Crippen LogP contribution in [0.5, 0.6) is 0 Å². The number of hydrogen-bond donors (Lipinski definition) is 1. The molecule has 148 valence electrons. The number of rotatable bonds is 5. The Labute approximate surface area is 178 Å². The number of aryl methyl sites for hydroxylation is 2. The minimum Gasteiger partial charge on any atom is -0.444 e. The molecule has 8 heteroatoms. The highest BCUT2D eigenvalue weighted by molar-refractivity contribution is 7.94. The second-order valence-corrected chi connectivity index (χ2v) is 10.2. The molecule has 5 nitrogen and oxygen atoms in total. The van der Waals surface area contributed by atoms with Crippen molar-refractivity contribution in [3.8, 4) is 22.7 Å². The number of nitrogens with zero attached hydrogens (tertiary/aromatic N) is 1. The van der Waals surface area contributed by atoms with Crippen molar-refractivity contribution in [3.63, 3.8) is 0 Å². The predicted molar refractivity (Wildman–Crippen MR) is 117 cm³/mol. The standard InChI is InChI=1S/C21H17ClN2O3S2/c1-13-3-4-16(11-14(13)2)18-12-27-21(23-18)15-5-7-17(8-6-15)24-29(25,26)20-10-9-19(22)28-20/h3-12,24H,1-2H3. The molecule has 1 N–H and O–H groups in total. The van der Waals surface area contributed by atoms with Gasteiger partial charge in [-0.3, -0.25) is 4.72 Å². The number of nitrogens with one attached hydrogen (secondary N) is 1. The van der Waals surface area contributed by atoms with E-state index in [1.54, 1.807) is 36.6 Å². The van der Waals surface area contributed by atoms with Crippen LogP contribution >= 0.6 is 22.9 Å². The Balaban J connectivity index is 1.54. The number of thiophene rings is 1. The van der Waals surface area contributed by atoms with Gasteiger partial charge in [0.1, 0.15) is 16.2 Å². The zero-order chi connectivity index (χ0) is 20.6. The van der Waals surface area contributed by atoms with E-state index >= 15 is 0 Å². The van der Waals surface area contributed by atoms with Crippen LogP contribution in [0.2, 0.25) is 4.34 Å². The van der Waals surface area contributed by atoms with Crippen molar-refractivity contribution in [1.82, 2.24) is 4.98 Å². The summed E-state index contributed by atoms with van der Waals surface area (Å²) in [5.74, 6) is 0.470. The molecule has 0 aliphatic carbocycles. The Morgan fingerprint density at radius 2 is 1.69 bits per heavy atom. The lowest BCUT2D eigenvalue weighted by molar-refractivity contribution is 0.575. The molecule has 0 aliphatic heterocycles. The highest BCUT2D eigenvalue weighted by atomic mass is 35.5. The summed E-state index contributed by atoms with van der Waals surface area (Å²) in [4.78, 5) is 4.56. The van der Waals surface area contributed by atoms with Crippen LogP contribution < -0.4 is 4.72 Å². The maximum Gasteiger partial charge on any atom is 0.271 e. The molecule has 0 saturated heterocycles. The fourth-order valence-electron chi connectivity index (χ4n) is 2.77. The molecule has 0 unspecified atom stereocenters. The van der Waals surface area contributed by atoms with Gasteiger partial charge in [-0.2, -0.15) is 0 Å². The first-order chi connectivity index (χ1) is 13.8. The topological polar surface area (TPSA) is 72.2 Å². The van der Waals surface area contributed by atoms with Gasteiger partial charge in [-0.05, 0) is 67.4 Å². The predicted octanol–water partition coefficient (Wildman–Crippen LogP) is 6.14. The van der Waals surface area contributed by atoms with Crippen LogP contribution in [0.15, 0.2) is 69.5 Å². The quantitative estimate of drug-likeness (QED) is 0.401. The molecule has 0 bridgehead atoms. The lowest BCUT2D eigenvalue weighted by Gasteiger charge is -2.06. The summed E-state index contributed by atoms with van der Waals surface area (Å²) < 4.78 is 33.5. The number of aromatic nitrogens is 1. The van der Waals surface area contributed by atoms with E-state index in [1.165, 1.54) is 17.2 Å². The van der Waals surface area contributed by atoms with Gasteiger partial charge in [-0.25, -0.2) is 13.4 Å². The third-order valence-electron chi connectivity index (χ3n) is 4.50. The van der Waals surface area contributed by atoms with Gasteiger partial charge in [0.05, 0.1) is 4.34 Å². The van der Waals surface area contributed by atoms with Crippen molar-refractivity contribution >= 4 is 38.6 Å². The van der Waals surface area contributed by atoms with Gasteiger partial charge >= 0.3 is 0 Å². The number of anilines is 1. The molecule has 4 aromatic rings. The molecular weight excluding hydrogens is 428 g/mol. The minimum atomic E-state index is -3.66. The van der Waals surface area contributed by atoms with Crippen molar-refractivity contribution in [2.24, 2.45) is 0 Å². The number of benzene rings is 2. The van der Waals surface area contributed by atoms with Crippen molar-refractivity contribution in [3.05, 3.63) is 76.3 Å². The molecule has 0 atom stereocenters. The molecule has 0 saturated carbocycles. The molecule has 0 spiro atoms. The van der Waals surface area contributed by atoms with Crippen LogP contribution in [-0.4, -0.2) is 13.4 Å². The SMILES string of the molecule is Cc1ccc(-c2coc(-c3ccc(NS(=O)(=O)c4ccc(Cl)s4)cc3)n2)cc1C. The van der Waals surface area contributed by atoms with E-state index < -0.39 is 10.0 Å². The molecule has 0 amide bonds. The maximum atomic E-state index is 12.4. The van der Waals surface area contributed by atoms with E-state index in [9.17, 15) is 8.42 Å². The zero-order valence-corrected chi connectivity index (χ0v) is 18.0. The molecular formula is C21H17ClN2O3S2. The van der Waals surface area contributed by atoms with Crippen molar-refractivity contribution in [1.29, 1.82) is 0 Å². The average Bonchev–Trinajstić information content (AvgIpc) is 3.34. The molecule has 0 fully saturated rings. The molecule has 0 radical (unpaired) electrons. The smallest absolute Gasteiger partial charge is 0.271 e. The van der Waals surface area contributed by atoms with E-state index in [2.05, 4.69) is 35.7 Å². The zero-order valence-electron chi connectivity index (χ0n) is 15.6. The van der Waals surface area contributed by atoms with Crippen LogP contribution in [-0.2, 0) is 10.0 Å². The number of hydrogen-bond acceptors (Lipinski definition) is 5.